The molecule has 2 amide bonds. The minimum atomic E-state index is 0.105. The van der Waals surface area contributed by atoms with Crippen LogP contribution in [0.5, 0.6) is 5.75 Å². The number of methoxy groups -OCH3 is 1. The zero-order valence-electron chi connectivity index (χ0n) is 17.1. The lowest BCUT2D eigenvalue weighted by atomic mass is 9.95. The summed E-state index contributed by atoms with van der Waals surface area (Å²) in [6.07, 6.45) is 1.68. The van der Waals surface area contributed by atoms with Crippen LogP contribution in [-0.2, 0) is 16.1 Å². The average molecular weight is 376 g/mol. The van der Waals surface area contributed by atoms with Gasteiger partial charge >= 0.3 is 0 Å². The first-order valence-electron chi connectivity index (χ1n) is 9.86. The first-order valence-corrected chi connectivity index (χ1v) is 9.86. The number of likely N-dealkylation sites (tertiary alicyclic amines) is 1. The minimum absolute atomic E-state index is 0.105. The Balaban J connectivity index is 1.78. The van der Waals surface area contributed by atoms with Gasteiger partial charge in [-0.15, -0.1) is 0 Å². The van der Waals surface area contributed by atoms with Crippen molar-refractivity contribution >= 4 is 11.8 Å². The third kappa shape index (κ3) is 5.96. The molecule has 1 aliphatic rings. The molecular formula is C21H33N3O3. The standard InChI is InChI=1S/C21H33N3O3/c1-5-24(6-2)21(26)18-11-13-23(14-12-18)16-20(25)22(3)15-17-7-9-19(27-4)10-8-17/h7-10,18H,5-6,11-16H2,1-4H3. The third-order valence-corrected chi connectivity index (χ3v) is 5.38. The zero-order valence-corrected chi connectivity index (χ0v) is 17.1. The van der Waals surface area contributed by atoms with Crippen molar-refractivity contribution in [3.63, 3.8) is 0 Å². The first kappa shape index (κ1) is 21.2. The van der Waals surface area contributed by atoms with Crippen LogP contribution in [0, 0.1) is 5.92 Å². The SMILES string of the molecule is CCN(CC)C(=O)C1CCN(CC(=O)N(C)Cc2ccc(OC)cc2)CC1. The van der Waals surface area contributed by atoms with Crippen LogP contribution in [-0.4, -0.2) is 73.4 Å². The van der Waals surface area contributed by atoms with Crippen LogP contribution in [0.15, 0.2) is 24.3 Å². The average Bonchev–Trinajstić information content (AvgIpc) is 2.70. The second-order valence-electron chi connectivity index (χ2n) is 7.16. The molecule has 0 aliphatic carbocycles. The molecule has 1 aromatic rings. The zero-order chi connectivity index (χ0) is 19.8. The topological polar surface area (TPSA) is 53.1 Å². The summed E-state index contributed by atoms with van der Waals surface area (Å²) in [4.78, 5) is 30.8. The van der Waals surface area contributed by atoms with Crippen molar-refractivity contribution in [1.29, 1.82) is 0 Å². The fourth-order valence-corrected chi connectivity index (χ4v) is 3.54. The Morgan fingerprint density at radius 3 is 2.22 bits per heavy atom. The molecule has 27 heavy (non-hydrogen) atoms. The molecule has 0 bridgehead atoms. The molecule has 150 valence electrons. The van der Waals surface area contributed by atoms with Crippen LogP contribution in [0.4, 0.5) is 0 Å². The number of carbonyl (C=O) groups excluding carboxylic acids is 2. The lowest BCUT2D eigenvalue weighted by molar-refractivity contribution is -0.137. The highest BCUT2D eigenvalue weighted by Gasteiger charge is 2.28. The van der Waals surface area contributed by atoms with Crippen molar-refractivity contribution in [2.75, 3.05) is 46.9 Å². The van der Waals surface area contributed by atoms with E-state index in [1.54, 1.807) is 12.0 Å². The molecule has 0 unspecified atom stereocenters. The van der Waals surface area contributed by atoms with E-state index in [2.05, 4.69) is 4.90 Å². The monoisotopic (exact) mass is 375 g/mol. The van der Waals surface area contributed by atoms with Crippen molar-refractivity contribution in [2.45, 2.75) is 33.2 Å². The van der Waals surface area contributed by atoms with Gasteiger partial charge in [-0.05, 0) is 57.5 Å². The van der Waals surface area contributed by atoms with E-state index in [4.69, 9.17) is 4.74 Å². The molecule has 0 aromatic heterocycles. The molecule has 6 heteroatoms. The molecule has 0 N–H and O–H groups in total. The number of rotatable bonds is 8. The number of amides is 2. The summed E-state index contributed by atoms with van der Waals surface area (Å²) in [5, 5.41) is 0. The predicted octanol–water partition coefficient (Wildman–Crippen LogP) is 2.23. The van der Waals surface area contributed by atoms with Crippen molar-refractivity contribution in [2.24, 2.45) is 5.92 Å². The Hall–Kier alpha value is -2.08. The molecule has 1 aromatic carbocycles. The second kappa shape index (κ2) is 10.3. The van der Waals surface area contributed by atoms with Gasteiger partial charge in [0.1, 0.15) is 5.75 Å². The van der Waals surface area contributed by atoms with E-state index in [1.165, 1.54) is 0 Å². The van der Waals surface area contributed by atoms with Crippen LogP contribution >= 0.6 is 0 Å². The lowest BCUT2D eigenvalue weighted by Gasteiger charge is -2.34. The van der Waals surface area contributed by atoms with Crippen LogP contribution < -0.4 is 4.74 Å². The van der Waals surface area contributed by atoms with Gasteiger partial charge in [-0.25, -0.2) is 0 Å². The summed E-state index contributed by atoms with van der Waals surface area (Å²) in [5.74, 6) is 1.30. The largest absolute Gasteiger partial charge is 0.497 e. The molecule has 1 fully saturated rings. The maximum atomic E-state index is 12.5. The van der Waals surface area contributed by atoms with Crippen LogP contribution in [0.1, 0.15) is 32.3 Å². The van der Waals surface area contributed by atoms with Gasteiger partial charge in [0.05, 0.1) is 13.7 Å². The van der Waals surface area contributed by atoms with E-state index in [9.17, 15) is 9.59 Å². The molecule has 1 saturated heterocycles. The van der Waals surface area contributed by atoms with E-state index in [-0.39, 0.29) is 17.7 Å². The fraction of sp³-hybridized carbons (Fsp3) is 0.619. The Labute approximate surface area is 163 Å². The number of piperidine rings is 1. The number of hydrogen-bond donors (Lipinski definition) is 0. The first-order chi connectivity index (χ1) is 13.0. The van der Waals surface area contributed by atoms with Crippen molar-refractivity contribution < 1.29 is 14.3 Å². The Morgan fingerprint density at radius 2 is 1.70 bits per heavy atom. The van der Waals surface area contributed by atoms with E-state index in [1.807, 2.05) is 50.1 Å². The smallest absolute Gasteiger partial charge is 0.236 e. The molecule has 6 nitrogen and oxygen atoms in total. The second-order valence-corrected chi connectivity index (χ2v) is 7.16. The van der Waals surface area contributed by atoms with Gasteiger partial charge in [-0.2, -0.15) is 0 Å². The minimum Gasteiger partial charge on any atom is -0.497 e. The van der Waals surface area contributed by atoms with Gasteiger partial charge < -0.3 is 14.5 Å². The van der Waals surface area contributed by atoms with Crippen molar-refractivity contribution in [3.05, 3.63) is 29.8 Å². The van der Waals surface area contributed by atoms with Gasteiger partial charge in [-0.3, -0.25) is 14.5 Å². The maximum absolute atomic E-state index is 12.5. The summed E-state index contributed by atoms with van der Waals surface area (Å²) >= 11 is 0. The predicted molar refractivity (Wildman–Crippen MR) is 107 cm³/mol. The number of hydrogen-bond acceptors (Lipinski definition) is 4. The quantitative estimate of drug-likeness (QED) is 0.699. The number of benzene rings is 1. The Morgan fingerprint density at radius 1 is 1.11 bits per heavy atom. The fourth-order valence-electron chi connectivity index (χ4n) is 3.54. The molecule has 0 radical (unpaired) electrons. The maximum Gasteiger partial charge on any atom is 0.236 e. The van der Waals surface area contributed by atoms with Gasteiger partial charge in [0, 0.05) is 32.6 Å². The highest BCUT2D eigenvalue weighted by molar-refractivity contribution is 5.79. The van der Waals surface area contributed by atoms with Crippen molar-refractivity contribution in [3.8, 4) is 5.75 Å². The lowest BCUT2D eigenvalue weighted by Crippen LogP contribution is -2.45. The molecular weight excluding hydrogens is 342 g/mol. The summed E-state index contributed by atoms with van der Waals surface area (Å²) < 4.78 is 5.16. The van der Waals surface area contributed by atoms with Gasteiger partial charge in [0.15, 0.2) is 0 Å². The molecule has 2 rings (SSSR count). The normalized spacial score (nSPS) is 15.4. The molecule has 1 aliphatic heterocycles. The number of nitrogens with zero attached hydrogens (tertiary/aromatic N) is 3. The molecule has 1 heterocycles. The summed E-state index contributed by atoms with van der Waals surface area (Å²) in [5.41, 5.74) is 1.08. The van der Waals surface area contributed by atoms with Crippen LogP contribution in [0.3, 0.4) is 0 Å². The Bertz CT molecular complexity index is 606. The van der Waals surface area contributed by atoms with Gasteiger partial charge in [-0.1, -0.05) is 12.1 Å². The number of ether oxygens (including phenoxy) is 1. The third-order valence-electron chi connectivity index (χ3n) is 5.38. The molecule has 0 saturated carbocycles. The number of likely N-dealkylation sites (N-methyl/N-ethyl adjacent to an activating group) is 1. The van der Waals surface area contributed by atoms with Crippen LogP contribution in [0.25, 0.3) is 0 Å². The summed E-state index contributed by atoms with van der Waals surface area (Å²) in [6.45, 7) is 8.19. The van der Waals surface area contributed by atoms with Gasteiger partial charge in [0.2, 0.25) is 11.8 Å². The molecule has 0 spiro atoms. The number of carbonyl (C=O) groups is 2. The summed E-state index contributed by atoms with van der Waals surface area (Å²) in [6, 6.07) is 7.77. The summed E-state index contributed by atoms with van der Waals surface area (Å²) in [7, 11) is 3.48. The van der Waals surface area contributed by atoms with E-state index in [0.29, 0.717) is 13.1 Å². The highest BCUT2D eigenvalue weighted by atomic mass is 16.5. The van der Waals surface area contributed by atoms with E-state index in [0.717, 1.165) is 50.3 Å². The van der Waals surface area contributed by atoms with Crippen molar-refractivity contribution in [1.82, 2.24) is 14.7 Å². The van der Waals surface area contributed by atoms with Crippen LogP contribution in [0.2, 0.25) is 0 Å². The Kier molecular flexibility index (Phi) is 8.10. The van der Waals surface area contributed by atoms with E-state index >= 15 is 0 Å². The molecule has 0 atom stereocenters. The van der Waals surface area contributed by atoms with Gasteiger partial charge in [0.25, 0.3) is 0 Å². The van der Waals surface area contributed by atoms with E-state index < -0.39 is 0 Å². The highest BCUT2D eigenvalue weighted by Crippen LogP contribution is 2.20.